The summed E-state index contributed by atoms with van der Waals surface area (Å²) in [4.78, 5) is 0. The minimum absolute atomic E-state index is 0.559. The first-order valence-corrected chi connectivity index (χ1v) is 9.09. The zero-order valence-corrected chi connectivity index (χ0v) is 12.9. The SMILES string of the molecule is CCCCCO[Si](N)(C(C)CC)C(C)CC. The Morgan fingerprint density at radius 1 is 1.00 bits per heavy atom. The molecular formula is C13H31NOSi. The molecule has 3 heteroatoms. The fraction of sp³-hybridized carbons (Fsp3) is 1.00. The fourth-order valence-corrected chi connectivity index (χ4v) is 5.32. The number of rotatable bonds is 9. The van der Waals surface area contributed by atoms with Crippen molar-refractivity contribution in [2.45, 2.75) is 77.8 Å². The molecule has 0 heterocycles. The van der Waals surface area contributed by atoms with E-state index in [1.165, 1.54) is 12.8 Å². The first-order valence-electron chi connectivity index (χ1n) is 6.95. The molecule has 0 amide bonds. The molecule has 0 saturated carbocycles. The summed E-state index contributed by atoms with van der Waals surface area (Å²) in [5, 5.41) is 6.61. The van der Waals surface area contributed by atoms with Gasteiger partial charge in [0, 0.05) is 6.61 Å². The maximum atomic E-state index is 6.61. The van der Waals surface area contributed by atoms with Gasteiger partial charge in [0.1, 0.15) is 0 Å². The van der Waals surface area contributed by atoms with E-state index in [0.717, 1.165) is 25.9 Å². The van der Waals surface area contributed by atoms with Crippen LogP contribution in [0.25, 0.3) is 0 Å². The maximum Gasteiger partial charge on any atom is 0.271 e. The third kappa shape index (κ3) is 4.56. The van der Waals surface area contributed by atoms with Crippen LogP contribution in [0.5, 0.6) is 0 Å². The summed E-state index contributed by atoms with van der Waals surface area (Å²) in [7, 11) is -2.01. The molecule has 16 heavy (non-hydrogen) atoms. The predicted molar refractivity (Wildman–Crippen MR) is 74.8 cm³/mol. The Balaban J connectivity index is 4.30. The first-order chi connectivity index (χ1) is 7.52. The Morgan fingerprint density at radius 3 is 1.88 bits per heavy atom. The van der Waals surface area contributed by atoms with Gasteiger partial charge < -0.3 is 9.83 Å². The van der Waals surface area contributed by atoms with E-state index in [1.54, 1.807) is 0 Å². The molecule has 98 valence electrons. The van der Waals surface area contributed by atoms with Gasteiger partial charge in [-0.25, -0.2) is 0 Å². The minimum atomic E-state index is -2.01. The van der Waals surface area contributed by atoms with Crippen molar-refractivity contribution in [1.82, 2.24) is 0 Å². The number of hydrogen-bond donors (Lipinski definition) is 1. The van der Waals surface area contributed by atoms with Gasteiger partial charge in [-0.2, -0.15) is 0 Å². The van der Waals surface area contributed by atoms with Crippen LogP contribution in [-0.2, 0) is 4.43 Å². The Kier molecular flexibility index (Phi) is 8.33. The van der Waals surface area contributed by atoms with Gasteiger partial charge >= 0.3 is 0 Å². The lowest BCUT2D eigenvalue weighted by molar-refractivity contribution is 0.271. The first kappa shape index (κ1) is 16.1. The highest BCUT2D eigenvalue weighted by Gasteiger charge is 2.41. The van der Waals surface area contributed by atoms with Crippen LogP contribution in [0.2, 0.25) is 11.1 Å². The van der Waals surface area contributed by atoms with Gasteiger partial charge in [0.25, 0.3) is 8.48 Å². The summed E-state index contributed by atoms with van der Waals surface area (Å²) >= 11 is 0. The lowest BCUT2D eigenvalue weighted by atomic mass is 10.3. The van der Waals surface area contributed by atoms with Crippen LogP contribution in [0.1, 0.15) is 66.7 Å². The number of nitrogens with two attached hydrogens (primary N) is 1. The zero-order valence-electron chi connectivity index (χ0n) is 11.9. The van der Waals surface area contributed by atoms with Crippen LogP contribution in [0.4, 0.5) is 0 Å². The monoisotopic (exact) mass is 245 g/mol. The fourth-order valence-electron chi connectivity index (χ4n) is 2.01. The second-order valence-corrected chi connectivity index (χ2v) is 8.99. The molecule has 2 atom stereocenters. The largest absolute Gasteiger partial charge is 0.403 e. The van der Waals surface area contributed by atoms with Crippen molar-refractivity contribution in [3.05, 3.63) is 0 Å². The molecule has 2 nitrogen and oxygen atoms in total. The highest BCUT2D eigenvalue weighted by Crippen LogP contribution is 2.33. The van der Waals surface area contributed by atoms with Gasteiger partial charge in [-0.05, 0) is 17.5 Å². The molecule has 0 aromatic carbocycles. The number of unbranched alkanes of at least 4 members (excludes halogenated alkanes) is 2. The molecular weight excluding hydrogens is 214 g/mol. The second kappa shape index (κ2) is 8.26. The summed E-state index contributed by atoms with van der Waals surface area (Å²) in [5.74, 6) is 0. The standard InChI is InChI=1S/C13H31NOSi/c1-6-9-10-11-15-16(14,12(4)7-2)13(5)8-3/h12-13H,6-11,14H2,1-5H3. The molecule has 2 N–H and O–H groups in total. The Labute approximate surface area is 103 Å². The average Bonchev–Trinajstić information content (AvgIpc) is 2.32. The normalized spacial score (nSPS) is 19.1. The van der Waals surface area contributed by atoms with Crippen molar-refractivity contribution in [2.75, 3.05) is 6.61 Å². The van der Waals surface area contributed by atoms with Gasteiger partial charge in [-0.15, -0.1) is 0 Å². The van der Waals surface area contributed by atoms with Gasteiger partial charge in [-0.3, -0.25) is 0 Å². The number of hydrogen-bond acceptors (Lipinski definition) is 2. The van der Waals surface area contributed by atoms with E-state index in [2.05, 4.69) is 34.6 Å². The molecule has 2 unspecified atom stereocenters. The van der Waals surface area contributed by atoms with Gasteiger partial charge in [-0.1, -0.05) is 60.3 Å². The molecule has 0 spiro atoms. The summed E-state index contributed by atoms with van der Waals surface area (Å²) in [6.45, 7) is 12.0. The molecule has 0 aliphatic heterocycles. The lowest BCUT2D eigenvalue weighted by Crippen LogP contribution is -2.55. The van der Waals surface area contributed by atoms with E-state index >= 15 is 0 Å². The van der Waals surface area contributed by atoms with Crippen LogP contribution in [0.15, 0.2) is 0 Å². The summed E-state index contributed by atoms with van der Waals surface area (Å²) < 4.78 is 6.15. The smallest absolute Gasteiger partial charge is 0.271 e. The topological polar surface area (TPSA) is 35.2 Å². The van der Waals surface area contributed by atoms with Gasteiger partial charge in [0.15, 0.2) is 0 Å². The second-order valence-electron chi connectivity index (χ2n) is 5.03. The molecule has 0 radical (unpaired) electrons. The molecule has 0 saturated heterocycles. The Morgan fingerprint density at radius 2 is 1.50 bits per heavy atom. The van der Waals surface area contributed by atoms with Crippen LogP contribution < -0.4 is 5.40 Å². The summed E-state index contributed by atoms with van der Waals surface area (Å²) in [6.07, 6.45) is 5.94. The lowest BCUT2D eigenvalue weighted by Gasteiger charge is -2.36. The Bertz CT molecular complexity index is 165. The van der Waals surface area contributed by atoms with Gasteiger partial charge in [0.2, 0.25) is 0 Å². The highest BCUT2D eigenvalue weighted by atomic mass is 28.4. The quantitative estimate of drug-likeness (QED) is 0.488. The van der Waals surface area contributed by atoms with E-state index in [4.69, 9.17) is 9.83 Å². The molecule has 0 bridgehead atoms. The van der Waals surface area contributed by atoms with E-state index in [0.29, 0.717) is 11.1 Å². The molecule has 0 fully saturated rings. The van der Waals surface area contributed by atoms with E-state index in [1.807, 2.05) is 0 Å². The van der Waals surface area contributed by atoms with E-state index < -0.39 is 8.48 Å². The molecule has 0 aromatic heterocycles. The molecule has 0 aliphatic rings. The van der Waals surface area contributed by atoms with Crippen LogP contribution in [0, 0.1) is 0 Å². The van der Waals surface area contributed by atoms with Crippen molar-refractivity contribution in [2.24, 2.45) is 5.40 Å². The maximum absolute atomic E-state index is 6.61. The van der Waals surface area contributed by atoms with Crippen molar-refractivity contribution >= 4 is 8.48 Å². The van der Waals surface area contributed by atoms with Gasteiger partial charge in [0.05, 0.1) is 0 Å². The van der Waals surface area contributed by atoms with E-state index in [-0.39, 0.29) is 0 Å². The molecule has 0 aromatic rings. The summed E-state index contributed by atoms with van der Waals surface area (Å²) in [6, 6.07) is 0. The van der Waals surface area contributed by atoms with Crippen LogP contribution >= 0.6 is 0 Å². The Hall–Kier alpha value is 0.137. The van der Waals surface area contributed by atoms with Crippen molar-refractivity contribution in [1.29, 1.82) is 0 Å². The average molecular weight is 245 g/mol. The van der Waals surface area contributed by atoms with Crippen molar-refractivity contribution < 1.29 is 4.43 Å². The van der Waals surface area contributed by atoms with E-state index in [9.17, 15) is 0 Å². The summed E-state index contributed by atoms with van der Waals surface area (Å²) in [5.41, 5.74) is 1.12. The zero-order chi connectivity index (χ0) is 12.6. The predicted octanol–water partition coefficient (Wildman–Crippen LogP) is 4.19. The van der Waals surface area contributed by atoms with Crippen molar-refractivity contribution in [3.63, 3.8) is 0 Å². The van der Waals surface area contributed by atoms with Crippen LogP contribution in [0.3, 0.4) is 0 Å². The molecule has 0 rings (SSSR count). The van der Waals surface area contributed by atoms with Crippen LogP contribution in [-0.4, -0.2) is 15.1 Å². The highest BCUT2D eigenvalue weighted by molar-refractivity contribution is 6.73. The van der Waals surface area contributed by atoms with Crippen molar-refractivity contribution in [3.8, 4) is 0 Å². The third-order valence-corrected chi connectivity index (χ3v) is 8.47. The minimum Gasteiger partial charge on any atom is -0.403 e. The third-order valence-electron chi connectivity index (χ3n) is 3.87. The molecule has 0 aliphatic carbocycles.